The summed E-state index contributed by atoms with van der Waals surface area (Å²) in [5.41, 5.74) is 4.19. The fourth-order valence-corrected chi connectivity index (χ4v) is 7.74. The van der Waals surface area contributed by atoms with E-state index in [0.29, 0.717) is 46.8 Å². The number of rotatable bonds is 10. The lowest BCUT2D eigenvalue weighted by Crippen LogP contribution is -2.45. The highest BCUT2D eigenvalue weighted by Crippen LogP contribution is 2.35. The Kier molecular flexibility index (Phi) is 12.7. The first-order valence-corrected chi connectivity index (χ1v) is 18.7. The van der Waals surface area contributed by atoms with Crippen molar-refractivity contribution in [1.82, 2.24) is 0 Å². The molecular weight excluding hydrogens is 701 g/mol. The van der Waals surface area contributed by atoms with Crippen molar-refractivity contribution in [2.75, 3.05) is 21.3 Å². The molecule has 2 N–H and O–H groups in total. The van der Waals surface area contributed by atoms with Gasteiger partial charge in [0.15, 0.2) is 0 Å². The quantitative estimate of drug-likeness (QED) is 0.185. The number of thioether (sulfide) groups is 2. The fourth-order valence-electron chi connectivity index (χ4n) is 6.05. The van der Waals surface area contributed by atoms with Gasteiger partial charge in [0.05, 0.1) is 0 Å². The molecule has 0 saturated heterocycles. The second-order valence-electron chi connectivity index (χ2n) is 12.5. The highest BCUT2D eigenvalue weighted by atomic mass is 32.2. The maximum absolute atomic E-state index is 12.9. The number of nitrogens with zero attached hydrogens (tertiary/aromatic N) is 2. The van der Waals surface area contributed by atoms with Crippen LogP contribution >= 0.6 is 23.5 Å². The number of hydrogen-bond acceptors (Lipinski definition) is 8. The number of anilines is 2. The molecule has 6 rings (SSSR count). The van der Waals surface area contributed by atoms with E-state index >= 15 is 0 Å². The lowest BCUT2D eigenvalue weighted by Gasteiger charge is -2.25. The molecule has 2 aliphatic heterocycles. The normalized spacial score (nSPS) is 16.8. The van der Waals surface area contributed by atoms with E-state index in [1.807, 2.05) is 36.4 Å². The molecule has 4 aromatic carbocycles. The summed E-state index contributed by atoms with van der Waals surface area (Å²) < 4.78 is 0. The Morgan fingerprint density at radius 3 is 1.23 bits per heavy atom. The molecule has 0 radical (unpaired) electrons. The number of para-hydroxylation sites is 2. The van der Waals surface area contributed by atoms with Crippen LogP contribution in [0.1, 0.15) is 45.7 Å². The topological polar surface area (TPSA) is 149 Å². The maximum atomic E-state index is 12.9. The Hall–Kier alpha value is -5.20. The summed E-state index contributed by atoms with van der Waals surface area (Å²) in [5.74, 6) is -2.91. The minimum atomic E-state index is -1.02. The average Bonchev–Trinajstić information content (AvgIpc) is 3.76. The molecule has 12 heteroatoms. The molecule has 0 fully saturated rings. The van der Waals surface area contributed by atoms with Gasteiger partial charge in [0, 0.05) is 58.7 Å². The van der Waals surface area contributed by atoms with Crippen molar-refractivity contribution in [3.63, 3.8) is 0 Å². The molecule has 2 aliphatic rings. The summed E-state index contributed by atoms with van der Waals surface area (Å²) in [4.78, 5) is 76.2. The van der Waals surface area contributed by atoms with Gasteiger partial charge in [-0.2, -0.15) is 0 Å². The molecule has 268 valence electrons. The molecule has 0 unspecified atom stereocenters. The molecule has 4 aromatic rings. The van der Waals surface area contributed by atoms with Crippen molar-refractivity contribution in [3.05, 3.63) is 131 Å². The van der Waals surface area contributed by atoms with E-state index in [2.05, 4.69) is 0 Å². The molecule has 0 saturated carbocycles. The summed E-state index contributed by atoms with van der Waals surface area (Å²) >= 11 is 2.16. The zero-order valence-corrected chi connectivity index (χ0v) is 30.2. The van der Waals surface area contributed by atoms with Crippen LogP contribution in [0.25, 0.3) is 0 Å². The van der Waals surface area contributed by atoms with Crippen molar-refractivity contribution in [3.8, 4) is 0 Å². The summed E-state index contributed by atoms with van der Waals surface area (Å²) in [6.45, 7) is 3.46. The Balaban J connectivity index is 0.000000201. The highest BCUT2D eigenvalue weighted by Gasteiger charge is 2.41. The SMILES string of the molecule is C[C@@H](CSC(=O)c1ccccc1)C(=O)N1c2ccccc2C[C@@H]1C(=O)O.C[C@@H](CSC(=O)c1ccccc1)C(=O)N1c2ccccc2C[C@H]1C(=O)O. The van der Waals surface area contributed by atoms with Crippen molar-refractivity contribution in [2.24, 2.45) is 11.8 Å². The largest absolute Gasteiger partial charge is 0.480 e. The lowest BCUT2D eigenvalue weighted by molar-refractivity contribution is -0.140. The van der Waals surface area contributed by atoms with Crippen molar-refractivity contribution >= 4 is 68.9 Å². The first-order chi connectivity index (χ1) is 25.0. The van der Waals surface area contributed by atoms with Gasteiger partial charge in [-0.25, -0.2) is 9.59 Å². The number of aliphatic carboxylic acids is 2. The van der Waals surface area contributed by atoms with E-state index in [1.165, 1.54) is 9.80 Å². The molecule has 2 heterocycles. The minimum absolute atomic E-state index is 0.0955. The maximum Gasteiger partial charge on any atom is 0.327 e. The van der Waals surface area contributed by atoms with E-state index in [9.17, 15) is 39.0 Å². The Morgan fingerprint density at radius 1 is 0.558 bits per heavy atom. The molecular formula is C40H38N2O8S2. The average molecular weight is 739 g/mol. The van der Waals surface area contributed by atoms with E-state index in [-0.39, 0.29) is 22.0 Å². The second-order valence-corrected chi connectivity index (χ2v) is 14.5. The van der Waals surface area contributed by atoms with Crippen LogP contribution in [0.4, 0.5) is 11.4 Å². The van der Waals surface area contributed by atoms with E-state index in [4.69, 9.17) is 0 Å². The van der Waals surface area contributed by atoms with Crippen LogP contribution in [-0.4, -0.2) is 67.8 Å². The van der Waals surface area contributed by atoms with Gasteiger partial charge in [0.1, 0.15) is 12.1 Å². The minimum Gasteiger partial charge on any atom is -0.480 e. The molecule has 4 atom stereocenters. The van der Waals surface area contributed by atoms with Crippen LogP contribution in [-0.2, 0) is 32.0 Å². The molecule has 0 bridgehead atoms. The molecule has 52 heavy (non-hydrogen) atoms. The molecule has 0 aliphatic carbocycles. The van der Waals surface area contributed by atoms with Gasteiger partial charge < -0.3 is 10.2 Å². The first-order valence-electron chi connectivity index (χ1n) is 16.7. The zero-order valence-electron chi connectivity index (χ0n) is 28.6. The second kappa shape index (κ2) is 17.3. The molecule has 0 aromatic heterocycles. The fraction of sp³-hybridized carbons (Fsp3) is 0.250. The standard InChI is InChI=1S/2C20H19NO4S/c2*1-13(12-26-20(25)14-7-3-2-4-8-14)18(22)21-16-10-6-5-9-15(16)11-17(21)19(23)24/h2*2-10,13,17H,11-12H2,1H3,(H,23,24)/t13-,17+;13-,17-/m00/s1. The summed E-state index contributed by atoms with van der Waals surface area (Å²) in [6.07, 6.45) is 0.611. The van der Waals surface area contributed by atoms with Gasteiger partial charge in [-0.05, 0) is 23.3 Å². The smallest absolute Gasteiger partial charge is 0.327 e. The van der Waals surface area contributed by atoms with Gasteiger partial charge in [0.2, 0.25) is 22.0 Å². The van der Waals surface area contributed by atoms with Crippen LogP contribution in [0.15, 0.2) is 109 Å². The summed E-state index contributed by atoms with van der Waals surface area (Å²) in [5, 5.41) is 18.8. The zero-order chi connectivity index (χ0) is 37.4. The van der Waals surface area contributed by atoms with Crippen LogP contribution in [0, 0.1) is 11.8 Å². The number of carbonyl (C=O) groups is 6. The number of carboxylic acid groups (broad SMARTS) is 2. The monoisotopic (exact) mass is 738 g/mol. The van der Waals surface area contributed by atoms with Crippen LogP contribution in [0.3, 0.4) is 0 Å². The predicted octanol–water partition coefficient (Wildman–Crippen LogP) is 6.48. The van der Waals surface area contributed by atoms with Gasteiger partial charge in [0.25, 0.3) is 0 Å². The van der Waals surface area contributed by atoms with E-state index in [0.717, 1.165) is 34.7 Å². The number of carboxylic acids is 2. The third-order valence-corrected chi connectivity index (χ3v) is 11.1. The van der Waals surface area contributed by atoms with Crippen molar-refractivity contribution < 1.29 is 39.0 Å². The number of amides is 2. The summed E-state index contributed by atoms with van der Waals surface area (Å²) in [7, 11) is 0. The van der Waals surface area contributed by atoms with Crippen LogP contribution < -0.4 is 9.80 Å². The number of carbonyl (C=O) groups excluding carboxylic acids is 4. The highest BCUT2D eigenvalue weighted by molar-refractivity contribution is 8.14. The van der Waals surface area contributed by atoms with E-state index in [1.54, 1.807) is 86.6 Å². The van der Waals surface area contributed by atoms with Crippen molar-refractivity contribution in [1.29, 1.82) is 0 Å². The third kappa shape index (κ3) is 8.80. The lowest BCUT2D eigenvalue weighted by atomic mass is 10.1. The Bertz CT molecular complexity index is 1810. The van der Waals surface area contributed by atoms with Gasteiger partial charge in [-0.1, -0.05) is 134 Å². The number of fused-ring (bicyclic) bond motifs is 2. The van der Waals surface area contributed by atoms with Crippen molar-refractivity contribution in [2.45, 2.75) is 38.8 Å². The number of benzene rings is 4. The van der Waals surface area contributed by atoms with Crippen LogP contribution in [0.2, 0.25) is 0 Å². The molecule has 0 spiro atoms. The van der Waals surface area contributed by atoms with Gasteiger partial charge in [-0.15, -0.1) is 0 Å². The molecule has 10 nitrogen and oxygen atoms in total. The van der Waals surface area contributed by atoms with Crippen LogP contribution in [0.5, 0.6) is 0 Å². The Labute approximate surface area is 310 Å². The first kappa shape index (κ1) is 38.0. The molecule has 2 amide bonds. The number of hydrogen-bond donors (Lipinski definition) is 2. The predicted molar refractivity (Wildman–Crippen MR) is 203 cm³/mol. The van der Waals surface area contributed by atoms with Gasteiger partial charge >= 0.3 is 11.9 Å². The summed E-state index contributed by atoms with van der Waals surface area (Å²) in [6, 6.07) is 30.5. The Morgan fingerprint density at radius 2 is 0.885 bits per heavy atom. The van der Waals surface area contributed by atoms with E-state index < -0.39 is 35.9 Å². The third-order valence-electron chi connectivity index (χ3n) is 8.79. The van der Waals surface area contributed by atoms with Gasteiger partial charge in [-0.3, -0.25) is 29.0 Å².